The van der Waals surface area contributed by atoms with Gasteiger partial charge in [-0.25, -0.2) is 4.98 Å². The van der Waals surface area contributed by atoms with Gasteiger partial charge in [0.1, 0.15) is 5.82 Å². The number of halogens is 1. The molecule has 0 aliphatic heterocycles. The molecule has 0 unspecified atom stereocenters. The molecule has 7 nitrogen and oxygen atoms in total. The smallest absolute Gasteiger partial charge is 0.250 e. The van der Waals surface area contributed by atoms with Crippen LogP contribution < -0.4 is 10.9 Å². The second kappa shape index (κ2) is 12.3. The van der Waals surface area contributed by atoms with Gasteiger partial charge in [-0.2, -0.15) is 0 Å². The maximum Gasteiger partial charge on any atom is 0.250 e. The van der Waals surface area contributed by atoms with Crippen molar-refractivity contribution < 1.29 is 0 Å². The lowest BCUT2D eigenvalue weighted by molar-refractivity contribution is 0.460. The number of H-pyrrole nitrogens is 1. The van der Waals surface area contributed by atoms with Crippen LogP contribution in [0.4, 0.5) is 0 Å². The van der Waals surface area contributed by atoms with Crippen molar-refractivity contribution in [2.24, 2.45) is 4.99 Å². The van der Waals surface area contributed by atoms with Crippen molar-refractivity contribution in [3.63, 3.8) is 0 Å². The molecule has 0 aliphatic rings. The van der Waals surface area contributed by atoms with Crippen LogP contribution in [0.15, 0.2) is 64.5 Å². The first-order valence-corrected chi connectivity index (χ1v) is 10.3. The number of aliphatic imine (C=N–C) groups is 1. The van der Waals surface area contributed by atoms with E-state index < -0.39 is 0 Å². The van der Waals surface area contributed by atoms with Crippen molar-refractivity contribution in [1.29, 1.82) is 0 Å². The highest BCUT2D eigenvalue weighted by atomic mass is 127. The molecule has 0 amide bonds. The van der Waals surface area contributed by atoms with Gasteiger partial charge in [0.05, 0.1) is 18.4 Å². The van der Waals surface area contributed by atoms with Gasteiger partial charge in [-0.15, -0.1) is 24.0 Å². The second-order valence-electron chi connectivity index (χ2n) is 7.30. The van der Waals surface area contributed by atoms with Gasteiger partial charge in [0.25, 0.3) is 5.56 Å². The van der Waals surface area contributed by atoms with Crippen LogP contribution in [0.25, 0.3) is 11.3 Å². The molecular weight excluding hydrogens is 503 g/mol. The average molecular weight is 534 g/mol. The van der Waals surface area contributed by atoms with Crippen LogP contribution in [0, 0.1) is 6.92 Å². The Bertz CT molecular complexity index is 1030. The first-order chi connectivity index (χ1) is 14.6. The molecule has 3 aromatic rings. The molecular formula is C23H31IN6O. The van der Waals surface area contributed by atoms with Gasteiger partial charge >= 0.3 is 0 Å². The summed E-state index contributed by atoms with van der Waals surface area (Å²) in [6.07, 6.45) is 3.74. The molecule has 0 saturated carbocycles. The minimum absolute atomic E-state index is 0. The zero-order valence-electron chi connectivity index (χ0n) is 18.3. The number of nitrogens with zero attached hydrogens (tertiary/aromatic N) is 4. The molecule has 0 radical (unpaired) electrons. The van der Waals surface area contributed by atoms with E-state index in [1.807, 2.05) is 53.9 Å². The lowest BCUT2D eigenvalue weighted by Crippen LogP contribution is -2.39. The maximum absolute atomic E-state index is 11.9. The molecule has 1 aromatic carbocycles. The van der Waals surface area contributed by atoms with E-state index >= 15 is 0 Å². The number of nitrogens with one attached hydrogen (secondary N) is 2. The average Bonchev–Trinajstić information content (AvgIpc) is 3.21. The lowest BCUT2D eigenvalue weighted by Gasteiger charge is -2.21. The third-order valence-electron chi connectivity index (χ3n) is 5.03. The van der Waals surface area contributed by atoms with Crippen molar-refractivity contribution in [2.45, 2.75) is 32.9 Å². The number of hydrogen-bond donors (Lipinski definition) is 2. The number of guanidine groups is 1. The molecule has 0 fully saturated rings. The van der Waals surface area contributed by atoms with Crippen molar-refractivity contribution in [3.05, 3.63) is 76.6 Å². The molecule has 31 heavy (non-hydrogen) atoms. The summed E-state index contributed by atoms with van der Waals surface area (Å²) in [4.78, 5) is 26.2. The predicted molar refractivity (Wildman–Crippen MR) is 137 cm³/mol. The number of benzene rings is 1. The Balaban J connectivity index is 0.00000341. The van der Waals surface area contributed by atoms with Crippen LogP contribution in [0.2, 0.25) is 0 Å². The third-order valence-corrected chi connectivity index (χ3v) is 5.03. The van der Waals surface area contributed by atoms with E-state index in [2.05, 4.69) is 32.4 Å². The first kappa shape index (κ1) is 24.6. The highest BCUT2D eigenvalue weighted by molar-refractivity contribution is 14.0. The number of unbranched alkanes of at least 4 members (excludes halogenated alkanes) is 1. The van der Waals surface area contributed by atoms with Crippen molar-refractivity contribution in [1.82, 2.24) is 24.8 Å². The largest absolute Gasteiger partial charge is 0.356 e. The maximum atomic E-state index is 11.9. The minimum Gasteiger partial charge on any atom is -0.356 e. The van der Waals surface area contributed by atoms with E-state index in [0.29, 0.717) is 6.54 Å². The molecule has 0 saturated heterocycles. The zero-order chi connectivity index (χ0) is 21.3. The summed E-state index contributed by atoms with van der Waals surface area (Å²) in [6, 6.07) is 15.5. The fourth-order valence-electron chi connectivity index (χ4n) is 3.40. The molecule has 0 aliphatic carbocycles. The van der Waals surface area contributed by atoms with Crippen molar-refractivity contribution >= 4 is 29.9 Å². The number of imidazole rings is 1. The van der Waals surface area contributed by atoms with Gasteiger partial charge < -0.3 is 19.8 Å². The van der Waals surface area contributed by atoms with Gasteiger partial charge in [-0.3, -0.25) is 9.79 Å². The Morgan fingerprint density at radius 2 is 1.94 bits per heavy atom. The van der Waals surface area contributed by atoms with Crippen molar-refractivity contribution in [2.75, 3.05) is 20.6 Å². The predicted octanol–water partition coefficient (Wildman–Crippen LogP) is 3.65. The van der Waals surface area contributed by atoms with E-state index in [4.69, 9.17) is 0 Å². The summed E-state index contributed by atoms with van der Waals surface area (Å²) in [6.45, 7) is 4.13. The van der Waals surface area contributed by atoms with Crippen LogP contribution in [0.5, 0.6) is 0 Å². The molecule has 166 valence electrons. The number of aromatic nitrogens is 3. The Labute approximate surface area is 200 Å². The molecule has 2 N–H and O–H groups in total. The molecule has 0 spiro atoms. The topological polar surface area (TPSA) is 78.3 Å². The van der Waals surface area contributed by atoms with E-state index in [9.17, 15) is 4.79 Å². The molecule has 2 heterocycles. The Morgan fingerprint density at radius 1 is 1.16 bits per heavy atom. The summed E-state index contributed by atoms with van der Waals surface area (Å²) in [7, 11) is 3.77. The second-order valence-corrected chi connectivity index (χ2v) is 7.30. The third kappa shape index (κ3) is 6.95. The molecule has 0 bridgehead atoms. The van der Waals surface area contributed by atoms with E-state index in [0.717, 1.165) is 54.7 Å². The fraction of sp³-hybridized carbons (Fsp3) is 0.348. The van der Waals surface area contributed by atoms with Crippen LogP contribution in [0.1, 0.15) is 24.4 Å². The van der Waals surface area contributed by atoms with Crippen LogP contribution in [-0.2, 0) is 13.1 Å². The van der Waals surface area contributed by atoms with E-state index in [1.165, 1.54) is 0 Å². The molecule has 8 heteroatoms. The van der Waals surface area contributed by atoms with Gasteiger partial charge in [0, 0.05) is 38.9 Å². The van der Waals surface area contributed by atoms with Gasteiger partial charge in [-0.1, -0.05) is 36.4 Å². The highest BCUT2D eigenvalue weighted by Crippen LogP contribution is 2.16. The number of pyridine rings is 1. The summed E-state index contributed by atoms with van der Waals surface area (Å²) < 4.78 is 1.82. The van der Waals surface area contributed by atoms with Crippen LogP contribution in [0.3, 0.4) is 0 Å². The van der Waals surface area contributed by atoms with E-state index in [-0.39, 0.29) is 29.5 Å². The Kier molecular flexibility index (Phi) is 9.77. The highest BCUT2D eigenvalue weighted by Gasteiger charge is 2.09. The normalized spacial score (nSPS) is 11.1. The molecule has 2 aromatic heterocycles. The Hall–Kier alpha value is -2.62. The SMILES string of the molecule is CN=C(NCCCCn1c(C)cccc1=O)N(C)Cc1ncc(-c2ccccc2)[nH]1.I. The number of rotatable bonds is 8. The summed E-state index contributed by atoms with van der Waals surface area (Å²) in [5.41, 5.74) is 3.19. The van der Waals surface area contributed by atoms with Gasteiger partial charge in [0.15, 0.2) is 5.96 Å². The Morgan fingerprint density at radius 3 is 2.65 bits per heavy atom. The summed E-state index contributed by atoms with van der Waals surface area (Å²) >= 11 is 0. The number of aryl methyl sites for hydroxylation is 1. The lowest BCUT2D eigenvalue weighted by atomic mass is 10.2. The summed E-state index contributed by atoms with van der Waals surface area (Å²) in [5.74, 6) is 1.71. The van der Waals surface area contributed by atoms with Crippen LogP contribution in [-0.4, -0.2) is 46.0 Å². The molecule has 0 atom stereocenters. The standard InChI is InChI=1S/C23H30N6O.HI/c1-18-10-9-13-22(30)29(18)15-8-7-14-25-23(24-2)28(3)17-21-26-16-20(27-21)19-11-5-4-6-12-19;/h4-6,9-13,16H,7-8,14-15,17H2,1-3H3,(H,24,25)(H,26,27);1H. The molecule has 3 rings (SSSR count). The van der Waals surface area contributed by atoms with Crippen LogP contribution >= 0.6 is 24.0 Å². The van der Waals surface area contributed by atoms with E-state index in [1.54, 1.807) is 19.2 Å². The number of aromatic amines is 1. The fourth-order valence-corrected chi connectivity index (χ4v) is 3.40. The first-order valence-electron chi connectivity index (χ1n) is 10.3. The van der Waals surface area contributed by atoms with Gasteiger partial charge in [0.2, 0.25) is 0 Å². The monoisotopic (exact) mass is 534 g/mol. The zero-order valence-corrected chi connectivity index (χ0v) is 20.7. The van der Waals surface area contributed by atoms with Crippen molar-refractivity contribution in [3.8, 4) is 11.3 Å². The number of hydrogen-bond acceptors (Lipinski definition) is 3. The van der Waals surface area contributed by atoms with Gasteiger partial charge in [-0.05, 0) is 31.4 Å². The minimum atomic E-state index is 0. The quantitative estimate of drug-likeness (QED) is 0.200. The summed E-state index contributed by atoms with van der Waals surface area (Å²) in [5, 5.41) is 3.39.